The Bertz CT molecular complexity index is 1530. The molecule has 0 spiro atoms. The summed E-state index contributed by atoms with van der Waals surface area (Å²) in [6.07, 6.45) is 0. The van der Waals surface area contributed by atoms with Crippen molar-refractivity contribution in [2.75, 3.05) is 45.1 Å². The van der Waals surface area contributed by atoms with E-state index in [1.54, 1.807) is 6.07 Å². The van der Waals surface area contributed by atoms with Crippen molar-refractivity contribution in [2.45, 2.75) is 16.3 Å². The number of rotatable bonds is 9. The number of carbonyl (C=O) groups is 1. The number of piperazine rings is 1. The van der Waals surface area contributed by atoms with Crippen LogP contribution in [-0.4, -0.2) is 76.0 Å². The van der Waals surface area contributed by atoms with Crippen LogP contribution < -0.4 is 5.32 Å². The van der Waals surface area contributed by atoms with Gasteiger partial charge in [0, 0.05) is 49.0 Å². The fourth-order valence-corrected chi connectivity index (χ4v) is 6.97. The van der Waals surface area contributed by atoms with E-state index in [4.69, 9.17) is 11.6 Å². The molecule has 3 aromatic carbocycles. The number of nitrogens with one attached hydrogen (secondary N) is 1. The quantitative estimate of drug-likeness (QED) is 0.408. The van der Waals surface area contributed by atoms with Gasteiger partial charge in [-0.2, -0.15) is 8.61 Å². The summed E-state index contributed by atoms with van der Waals surface area (Å²) in [6, 6.07) is 16.8. The lowest BCUT2D eigenvalue weighted by molar-refractivity contribution is -0.116. The molecule has 1 N–H and O–H groups in total. The van der Waals surface area contributed by atoms with E-state index >= 15 is 0 Å². The molecule has 1 aliphatic heterocycles. The van der Waals surface area contributed by atoms with Gasteiger partial charge in [-0.05, 0) is 61.6 Å². The van der Waals surface area contributed by atoms with Gasteiger partial charge in [-0.15, -0.1) is 0 Å². The Kier molecular flexibility index (Phi) is 9.04. The molecule has 0 aliphatic carbocycles. The number of benzene rings is 3. The normalized spacial score (nSPS) is 15.4. The Hall–Kier alpha value is -2.87. The third-order valence-corrected chi connectivity index (χ3v) is 10.3. The van der Waals surface area contributed by atoms with Gasteiger partial charge in [-0.1, -0.05) is 29.8 Å². The van der Waals surface area contributed by atoms with Gasteiger partial charge in [0.1, 0.15) is 5.82 Å². The standard InChI is InChI=1S/C26H28ClFN4O5S2/c1-30-14-16-31(17-15-30)38(34,35)24-12-8-22(9-13-24)29-26(33)19-32(18-20-4-2-3-5-25(20)28)39(36,37)23-10-6-21(27)7-11-23/h2-13H,14-19H2,1H3,(H,29,33). The smallest absolute Gasteiger partial charge is 0.243 e. The molecule has 0 aromatic heterocycles. The van der Waals surface area contributed by atoms with E-state index < -0.39 is 38.3 Å². The zero-order chi connectivity index (χ0) is 28.2. The van der Waals surface area contributed by atoms with Crippen molar-refractivity contribution in [3.05, 3.63) is 89.2 Å². The van der Waals surface area contributed by atoms with Crippen molar-refractivity contribution in [1.82, 2.24) is 13.5 Å². The summed E-state index contributed by atoms with van der Waals surface area (Å²) in [5.41, 5.74) is 0.383. The average Bonchev–Trinajstić information content (AvgIpc) is 2.90. The first-order valence-electron chi connectivity index (χ1n) is 12.0. The first-order chi connectivity index (χ1) is 18.5. The summed E-state index contributed by atoms with van der Waals surface area (Å²) in [5, 5.41) is 2.93. The maximum absolute atomic E-state index is 14.4. The monoisotopic (exact) mass is 594 g/mol. The van der Waals surface area contributed by atoms with Crippen molar-refractivity contribution in [3.63, 3.8) is 0 Å². The van der Waals surface area contributed by atoms with E-state index in [1.807, 2.05) is 11.9 Å². The summed E-state index contributed by atoms with van der Waals surface area (Å²) >= 11 is 5.89. The average molecular weight is 595 g/mol. The second-order valence-corrected chi connectivity index (χ2v) is 13.4. The largest absolute Gasteiger partial charge is 0.325 e. The summed E-state index contributed by atoms with van der Waals surface area (Å²) in [4.78, 5) is 15.0. The van der Waals surface area contributed by atoms with Crippen LogP contribution in [0.2, 0.25) is 5.02 Å². The third kappa shape index (κ3) is 7.02. The second-order valence-electron chi connectivity index (χ2n) is 9.10. The molecule has 39 heavy (non-hydrogen) atoms. The molecule has 9 nitrogen and oxygen atoms in total. The highest BCUT2D eigenvalue weighted by Crippen LogP contribution is 2.23. The number of likely N-dealkylation sites (N-methyl/N-ethyl adjacent to an activating group) is 1. The molecule has 1 heterocycles. The number of nitrogens with zero attached hydrogens (tertiary/aromatic N) is 3. The van der Waals surface area contributed by atoms with Crippen LogP contribution in [-0.2, 0) is 31.4 Å². The van der Waals surface area contributed by atoms with Gasteiger partial charge in [0.25, 0.3) is 0 Å². The van der Waals surface area contributed by atoms with E-state index in [9.17, 15) is 26.0 Å². The Morgan fingerprint density at radius 2 is 1.49 bits per heavy atom. The number of hydrogen-bond acceptors (Lipinski definition) is 6. The molecular formula is C26H28ClFN4O5S2. The maximum Gasteiger partial charge on any atom is 0.243 e. The highest BCUT2D eigenvalue weighted by Gasteiger charge is 2.29. The first kappa shape index (κ1) is 29.1. The van der Waals surface area contributed by atoms with Crippen molar-refractivity contribution in [1.29, 1.82) is 0 Å². The molecule has 1 amide bonds. The molecule has 1 saturated heterocycles. The van der Waals surface area contributed by atoms with Crippen molar-refractivity contribution >= 4 is 43.2 Å². The summed E-state index contributed by atoms with van der Waals surface area (Å²) in [5.74, 6) is -1.29. The fraction of sp³-hybridized carbons (Fsp3) is 0.269. The summed E-state index contributed by atoms with van der Waals surface area (Å²) in [7, 11) is -5.95. The van der Waals surface area contributed by atoms with Crippen molar-refractivity contribution in [3.8, 4) is 0 Å². The predicted octanol–water partition coefficient (Wildman–Crippen LogP) is 3.24. The second kappa shape index (κ2) is 12.1. The lowest BCUT2D eigenvalue weighted by atomic mass is 10.2. The number of carbonyl (C=O) groups excluding carboxylic acids is 1. The van der Waals surface area contributed by atoms with Crippen LogP contribution in [0, 0.1) is 5.82 Å². The molecule has 13 heteroatoms. The number of hydrogen-bond donors (Lipinski definition) is 1. The van der Waals surface area contributed by atoms with Crippen LogP contribution in [0.3, 0.4) is 0 Å². The van der Waals surface area contributed by atoms with Crippen LogP contribution in [0.5, 0.6) is 0 Å². The Balaban J connectivity index is 1.51. The van der Waals surface area contributed by atoms with E-state index in [0.717, 1.165) is 4.31 Å². The van der Waals surface area contributed by atoms with Crippen molar-refractivity contribution < 1.29 is 26.0 Å². The number of halogens is 2. The number of sulfonamides is 2. The summed E-state index contributed by atoms with van der Waals surface area (Å²) < 4.78 is 69.3. The van der Waals surface area contributed by atoms with E-state index in [0.29, 0.717) is 31.2 Å². The molecule has 3 aromatic rings. The van der Waals surface area contributed by atoms with Crippen LogP contribution in [0.4, 0.5) is 10.1 Å². The topological polar surface area (TPSA) is 107 Å². The molecule has 0 unspecified atom stereocenters. The number of anilines is 1. The SMILES string of the molecule is CN1CCN(S(=O)(=O)c2ccc(NC(=O)CN(Cc3ccccc3F)S(=O)(=O)c3ccc(Cl)cc3)cc2)CC1. The first-order valence-corrected chi connectivity index (χ1v) is 15.3. The van der Waals surface area contributed by atoms with E-state index in [1.165, 1.54) is 71.0 Å². The molecule has 1 fully saturated rings. The lowest BCUT2D eigenvalue weighted by Crippen LogP contribution is -2.46. The van der Waals surface area contributed by atoms with Crippen LogP contribution >= 0.6 is 11.6 Å². The van der Waals surface area contributed by atoms with Gasteiger partial charge in [0.2, 0.25) is 26.0 Å². The number of amides is 1. The maximum atomic E-state index is 14.4. The molecule has 4 rings (SSSR count). The minimum absolute atomic E-state index is 0.0940. The van der Waals surface area contributed by atoms with Gasteiger partial charge < -0.3 is 10.2 Å². The molecular weight excluding hydrogens is 567 g/mol. The van der Waals surface area contributed by atoms with Crippen LogP contribution in [0.1, 0.15) is 5.56 Å². The fourth-order valence-electron chi connectivity index (χ4n) is 4.05. The van der Waals surface area contributed by atoms with E-state index in [-0.39, 0.29) is 27.6 Å². The Morgan fingerprint density at radius 1 is 0.897 bits per heavy atom. The van der Waals surface area contributed by atoms with Crippen LogP contribution in [0.25, 0.3) is 0 Å². The Labute approximate surface area is 232 Å². The predicted molar refractivity (Wildman–Crippen MR) is 147 cm³/mol. The minimum Gasteiger partial charge on any atom is -0.325 e. The van der Waals surface area contributed by atoms with Gasteiger partial charge >= 0.3 is 0 Å². The molecule has 0 atom stereocenters. The van der Waals surface area contributed by atoms with Crippen LogP contribution in [0.15, 0.2) is 82.6 Å². The zero-order valence-corrected chi connectivity index (χ0v) is 23.5. The van der Waals surface area contributed by atoms with Crippen molar-refractivity contribution in [2.24, 2.45) is 0 Å². The molecule has 1 aliphatic rings. The zero-order valence-electron chi connectivity index (χ0n) is 21.1. The lowest BCUT2D eigenvalue weighted by Gasteiger charge is -2.31. The van der Waals surface area contributed by atoms with Gasteiger partial charge in [-0.3, -0.25) is 4.79 Å². The van der Waals surface area contributed by atoms with E-state index in [2.05, 4.69) is 5.32 Å². The van der Waals surface area contributed by atoms with Gasteiger partial charge in [-0.25, -0.2) is 21.2 Å². The Morgan fingerprint density at radius 3 is 2.10 bits per heavy atom. The molecule has 0 radical (unpaired) electrons. The summed E-state index contributed by atoms with van der Waals surface area (Å²) in [6.45, 7) is 1.05. The molecule has 0 bridgehead atoms. The van der Waals surface area contributed by atoms with Gasteiger partial charge in [0.15, 0.2) is 0 Å². The van der Waals surface area contributed by atoms with Gasteiger partial charge in [0.05, 0.1) is 16.3 Å². The third-order valence-electron chi connectivity index (χ3n) is 6.31. The molecule has 0 saturated carbocycles. The highest BCUT2D eigenvalue weighted by atomic mass is 35.5. The molecule has 208 valence electrons. The highest BCUT2D eigenvalue weighted by molar-refractivity contribution is 7.89. The minimum atomic E-state index is -4.20.